The van der Waals surface area contributed by atoms with Gasteiger partial charge in [-0.1, -0.05) is 191 Å². The quantitative estimate of drug-likeness (QED) is 0.0200. The minimum Gasteiger partial charge on any atom is -0.480 e. The van der Waals surface area contributed by atoms with Crippen molar-refractivity contribution < 1.29 is 47.8 Å². The minimum atomic E-state index is -4.77. The molecule has 0 saturated heterocycles. The molecule has 12 heteroatoms. The molecule has 0 heterocycles. The number of hydrogen-bond donors (Lipinski definition) is 4. The van der Waals surface area contributed by atoms with Crippen LogP contribution < -0.4 is 5.32 Å². The molecule has 0 rings (SSSR count). The van der Waals surface area contributed by atoms with Crippen LogP contribution in [0.3, 0.4) is 0 Å². The van der Waals surface area contributed by atoms with Crippen LogP contribution in [0, 0.1) is 0 Å². The van der Waals surface area contributed by atoms with Gasteiger partial charge in [-0.3, -0.25) is 18.6 Å². The van der Waals surface area contributed by atoms with Crippen LogP contribution in [0.1, 0.15) is 213 Å². The molecule has 4 N–H and O–H groups in total. The van der Waals surface area contributed by atoms with E-state index in [1.807, 2.05) is 0 Å². The Morgan fingerprint density at radius 3 is 1.38 bits per heavy atom. The number of allylic oxidation sites excluding steroid dienone is 8. The van der Waals surface area contributed by atoms with Gasteiger partial charge >= 0.3 is 19.8 Å². The van der Waals surface area contributed by atoms with Gasteiger partial charge in [0.2, 0.25) is 5.91 Å². The molecule has 11 nitrogen and oxygen atoms in total. The summed E-state index contributed by atoms with van der Waals surface area (Å²) < 4.78 is 26.9. The topological polar surface area (TPSA) is 169 Å². The normalized spacial score (nSPS) is 14.0. The Morgan fingerprint density at radius 2 is 0.902 bits per heavy atom. The first kappa shape index (κ1) is 58.4. The van der Waals surface area contributed by atoms with E-state index >= 15 is 0 Å². The molecule has 0 aromatic rings. The van der Waals surface area contributed by atoms with Crippen molar-refractivity contribution in [1.29, 1.82) is 0 Å². The molecule has 0 radical (unpaired) electrons. The van der Waals surface area contributed by atoms with Crippen molar-refractivity contribution >= 4 is 25.7 Å². The molecule has 0 bridgehead atoms. The van der Waals surface area contributed by atoms with Crippen LogP contribution in [0.15, 0.2) is 48.6 Å². The SMILES string of the molecule is CCCCC/C=C\C/C=C\C/C=C\C/C=C\CCCCCC(=O)OCC(O)COP(=O)(O)OCC(NC(=O)CCCCCCCCCCCCCCCCCCCC)C(=O)O. The Balaban J connectivity index is 3.90. The zero-order valence-electron chi connectivity index (χ0n) is 38.5. The van der Waals surface area contributed by atoms with Gasteiger partial charge in [0.15, 0.2) is 6.04 Å². The van der Waals surface area contributed by atoms with E-state index in [1.54, 1.807) is 0 Å². The molecule has 0 aromatic carbocycles. The predicted molar refractivity (Wildman–Crippen MR) is 249 cm³/mol. The lowest BCUT2D eigenvalue weighted by molar-refractivity contribution is -0.147. The third-order valence-corrected chi connectivity index (χ3v) is 11.3. The molecule has 0 fully saturated rings. The number of aliphatic carboxylic acids is 1. The van der Waals surface area contributed by atoms with Crippen molar-refractivity contribution in [3.8, 4) is 0 Å². The van der Waals surface area contributed by atoms with Gasteiger partial charge in [0.25, 0.3) is 0 Å². The third kappa shape index (κ3) is 43.9. The predicted octanol–water partition coefficient (Wildman–Crippen LogP) is 13.0. The number of carbonyl (C=O) groups is 3. The monoisotopic (exact) mass is 882 g/mol. The Labute approximate surface area is 371 Å². The summed E-state index contributed by atoms with van der Waals surface area (Å²) in [7, 11) is -4.77. The van der Waals surface area contributed by atoms with Crippen LogP contribution in [0.25, 0.3) is 0 Å². The first-order chi connectivity index (χ1) is 29.6. The maximum absolute atomic E-state index is 12.3. The lowest BCUT2D eigenvalue weighted by atomic mass is 10.0. The number of esters is 1. The number of hydrogen-bond acceptors (Lipinski definition) is 8. The van der Waals surface area contributed by atoms with Crippen LogP contribution in [-0.4, -0.2) is 64.9 Å². The molecule has 0 spiro atoms. The number of phosphoric ester groups is 1. The van der Waals surface area contributed by atoms with E-state index < -0.39 is 57.6 Å². The summed E-state index contributed by atoms with van der Waals surface area (Å²) in [6, 6.07) is -1.55. The van der Waals surface area contributed by atoms with Crippen LogP contribution in [0.5, 0.6) is 0 Å². The fraction of sp³-hybridized carbons (Fsp3) is 0.776. The van der Waals surface area contributed by atoms with Crippen molar-refractivity contribution in [3.05, 3.63) is 48.6 Å². The number of rotatable bonds is 45. The fourth-order valence-electron chi connectivity index (χ4n) is 6.59. The zero-order valence-corrected chi connectivity index (χ0v) is 39.4. The number of aliphatic hydroxyl groups is 1. The number of nitrogens with one attached hydrogen (secondary N) is 1. The molecule has 3 unspecified atom stereocenters. The van der Waals surface area contributed by atoms with Gasteiger partial charge in [-0.2, -0.15) is 0 Å². The van der Waals surface area contributed by atoms with E-state index in [9.17, 15) is 34.1 Å². The third-order valence-electron chi connectivity index (χ3n) is 10.4. The molecule has 0 saturated carbocycles. The van der Waals surface area contributed by atoms with Crippen molar-refractivity contribution in [2.45, 2.75) is 225 Å². The molecule has 0 aliphatic rings. The Morgan fingerprint density at radius 1 is 0.525 bits per heavy atom. The number of amides is 1. The van der Waals surface area contributed by atoms with E-state index in [1.165, 1.54) is 116 Å². The molecule has 0 aliphatic carbocycles. The average molecular weight is 882 g/mol. The highest BCUT2D eigenvalue weighted by molar-refractivity contribution is 7.47. The van der Waals surface area contributed by atoms with Gasteiger partial charge < -0.3 is 25.2 Å². The van der Waals surface area contributed by atoms with Gasteiger partial charge in [-0.25, -0.2) is 9.36 Å². The molecule has 61 heavy (non-hydrogen) atoms. The summed E-state index contributed by atoms with van der Waals surface area (Å²) in [5.41, 5.74) is 0. The van der Waals surface area contributed by atoms with Gasteiger partial charge in [0, 0.05) is 12.8 Å². The largest absolute Gasteiger partial charge is 0.480 e. The first-order valence-corrected chi connectivity index (χ1v) is 25.7. The van der Waals surface area contributed by atoms with Gasteiger partial charge in [0.05, 0.1) is 13.2 Å². The maximum Gasteiger partial charge on any atom is 0.472 e. The second-order valence-electron chi connectivity index (χ2n) is 16.3. The summed E-state index contributed by atoms with van der Waals surface area (Å²) in [5.74, 6) is -2.40. The molecule has 3 atom stereocenters. The highest BCUT2D eigenvalue weighted by Gasteiger charge is 2.28. The molecule has 0 aromatic heterocycles. The van der Waals surface area contributed by atoms with E-state index in [0.717, 1.165) is 57.8 Å². The number of carboxylic acid groups (broad SMARTS) is 1. The van der Waals surface area contributed by atoms with E-state index in [2.05, 4.69) is 67.8 Å². The maximum atomic E-state index is 12.3. The molecule has 0 aliphatic heterocycles. The van der Waals surface area contributed by atoms with Crippen molar-refractivity contribution in [1.82, 2.24) is 5.32 Å². The van der Waals surface area contributed by atoms with E-state index in [4.69, 9.17) is 13.8 Å². The van der Waals surface area contributed by atoms with Gasteiger partial charge in [-0.05, 0) is 57.8 Å². The van der Waals surface area contributed by atoms with Gasteiger partial charge in [0.1, 0.15) is 12.7 Å². The second kappa shape index (κ2) is 44.1. The Kier molecular flexibility index (Phi) is 42.2. The number of ether oxygens (including phenoxy) is 1. The molecule has 1 amide bonds. The van der Waals surface area contributed by atoms with Crippen molar-refractivity contribution in [2.75, 3.05) is 19.8 Å². The van der Waals surface area contributed by atoms with E-state index in [-0.39, 0.29) is 12.8 Å². The van der Waals surface area contributed by atoms with Crippen molar-refractivity contribution in [3.63, 3.8) is 0 Å². The highest BCUT2D eigenvalue weighted by atomic mass is 31.2. The smallest absolute Gasteiger partial charge is 0.472 e. The Hall–Kier alpha value is -2.56. The van der Waals surface area contributed by atoms with E-state index in [0.29, 0.717) is 12.8 Å². The Bertz CT molecular complexity index is 1220. The summed E-state index contributed by atoms with van der Waals surface area (Å²) in [6.45, 7) is 2.55. The number of phosphoric acid groups is 1. The highest BCUT2D eigenvalue weighted by Crippen LogP contribution is 2.43. The molecule has 354 valence electrons. The number of unbranched alkanes of at least 4 members (excludes halogenated alkanes) is 23. The standard InChI is InChI=1S/C49H88NO10P/c1-3-5-7-9-11-13-15-17-19-21-23-25-27-29-31-33-35-37-39-41-48(53)58-42-45(51)43-59-61(56,57)60-44-46(49(54)55)50-47(52)40-38-36-34-32-30-28-26-24-22-20-18-16-14-12-10-8-6-4-2/h11,13,17,19,23,25,29,31,45-46,51H,3-10,12,14-16,18,20-22,24,26-28,30,32-44H2,1-2H3,(H,50,52)(H,54,55)(H,56,57)/b13-11-,19-17-,25-23-,31-29-. The molecular weight excluding hydrogens is 794 g/mol. The minimum absolute atomic E-state index is 0.146. The summed E-state index contributed by atoms with van der Waals surface area (Å²) >= 11 is 0. The van der Waals surface area contributed by atoms with Crippen LogP contribution in [0.4, 0.5) is 0 Å². The van der Waals surface area contributed by atoms with Crippen LogP contribution in [-0.2, 0) is 32.7 Å². The van der Waals surface area contributed by atoms with Crippen LogP contribution >= 0.6 is 7.82 Å². The number of carboxylic acids is 1. The second-order valence-corrected chi connectivity index (χ2v) is 17.8. The summed E-state index contributed by atoms with van der Waals surface area (Å²) in [4.78, 5) is 46.0. The zero-order chi connectivity index (χ0) is 44.9. The van der Waals surface area contributed by atoms with Crippen LogP contribution in [0.2, 0.25) is 0 Å². The first-order valence-electron chi connectivity index (χ1n) is 24.2. The average Bonchev–Trinajstić information content (AvgIpc) is 3.24. The lowest BCUT2D eigenvalue weighted by Crippen LogP contribution is -2.43. The summed E-state index contributed by atoms with van der Waals surface area (Å²) in [5, 5.41) is 21.9. The summed E-state index contributed by atoms with van der Waals surface area (Å²) in [6.07, 6.45) is 49.8. The van der Waals surface area contributed by atoms with Gasteiger partial charge in [-0.15, -0.1) is 0 Å². The number of carbonyl (C=O) groups excluding carboxylic acids is 2. The van der Waals surface area contributed by atoms with Crippen molar-refractivity contribution in [2.24, 2.45) is 0 Å². The number of aliphatic hydroxyl groups excluding tert-OH is 1. The fourth-order valence-corrected chi connectivity index (χ4v) is 7.37. The lowest BCUT2D eigenvalue weighted by Gasteiger charge is -2.18. The molecular formula is C49H88NO10P.